The average molecular weight is 475 g/mol. The zero-order valence-electron chi connectivity index (χ0n) is 19.1. The Morgan fingerprint density at radius 1 is 0.971 bits per heavy atom. The minimum Gasteiger partial charge on any atom is -0.338 e. The number of benzene rings is 3. The summed E-state index contributed by atoms with van der Waals surface area (Å²) in [5, 5.41) is 14.9. The van der Waals surface area contributed by atoms with Gasteiger partial charge in [0.05, 0.1) is 6.04 Å². The Balaban J connectivity index is 1.60. The number of hydrogen-bond acceptors (Lipinski definition) is 3. The highest BCUT2D eigenvalue weighted by molar-refractivity contribution is 5.95. The van der Waals surface area contributed by atoms with Gasteiger partial charge in [0, 0.05) is 25.3 Å². The number of aryl methyl sites for hydroxylation is 1. The molecule has 7 nitrogen and oxygen atoms in total. The van der Waals surface area contributed by atoms with E-state index in [2.05, 4.69) is 15.6 Å². The number of amides is 2. The van der Waals surface area contributed by atoms with E-state index in [1.807, 2.05) is 72.6 Å². The summed E-state index contributed by atoms with van der Waals surface area (Å²) in [6, 6.07) is 19.3. The number of urea groups is 1. The highest BCUT2D eigenvalue weighted by Gasteiger charge is 2.34. The molecule has 3 aromatic carbocycles. The van der Waals surface area contributed by atoms with Crippen LogP contribution in [0.1, 0.15) is 17.2 Å². The van der Waals surface area contributed by atoms with E-state index >= 15 is 0 Å². The van der Waals surface area contributed by atoms with Crippen LogP contribution in [0.3, 0.4) is 0 Å². The van der Waals surface area contributed by atoms with Crippen molar-refractivity contribution in [2.75, 3.05) is 30.3 Å². The fraction of sp³-hybridized carbons (Fsp3) is 0.192. The van der Waals surface area contributed by atoms with Crippen molar-refractivity contribution in [1.82, 2.24) is 9.80 Å². The molecular formula is C26H24F2N6O. The van der Waals surface area contributed by atoms with Crippen LogP contribution in [0.2, 0.25) is 0 Å². The van der Waals surface area contributed by atoms with Crippen LogP contribution in [0.15, 0.2) is 77.8 Å². The van der Waals surface area contributed by atoms with Gasteiger partial charge >= 0.3 is 6.03 Å². The molecule has 0 spiro atoms. The Bertz CT molecular complexity index is 1250. The summed E-state index contributed by atoms with van der Waals surface area (Å²) in [6.45, 7) is 2.86. The van der Waals surface area contributed by atoms with E-state index in [0.29, 0.717) is 19.0 Å². The number of guanidine groups is 1. The van der Waals surface area contributed by atoms with Crippen molar-refractivity contribution in [2.45, 2.75) is 13.0 Å². The average Bonchev–Trinajstić information content (AvgIpc) is 2.87. The zero-order valence-corrected chi connectivity index (χ0v) is 19.1. The van der Waals surface area contributed by atoms with Crippen LogP contribution in [-0.2, 0) is 0 Å². The maximum Gasteiger partial charge on any atom is 0.322 e. The summed E-state index contributed by atoms with van der Waals surface area (Å²) >= 11 is 0. The molecule has 0 saturated carbocycles. The van der Waals surface area contributed by atoms with Crippen molar-refractivity contribution >= 4 is 23.4 Å². The van der Waals surface area contributed by atoms with Crippen LogP contribution in [0.25, 0.3) is 0 Å². The van der Waals surface area contributed by atoms with Gasteiger partial charge in [-0.05, 0) is 36.2 Å². The van der Waals surface area contributed by atoms with Gasteiger partial charge in [-0.2, -0.15) is 5.26 Å². The van der Waals surface area contributed by atoms with Gasteiger partial charge in [0.1, 0.15) is 17.3 Å². The minimum absolute atomic E-state index is 0.237. The van der Waals surface area contributed by atoms with Gasteiger partial charge < -0.3 is 20.4 Å². The Morgan fingerprint density at radius 3 is 2.34 bits per heavy atom. The van der Waals surface area contributed by atoms with Crippen molar-refractivity contribution in [3.63, 3.8) is 0 Å². The van der Waals surface area contributed by atoms with Gasteiger partial charge in [0.15, 0.2) is 0 Å². The summed E-state index contributed by atoms with van der Waals surface area (Å²) in [6.07, 6.45) is 1.85. The number of anilines is 2. The maximum absolute atomic E-state index is 14.2. The van der Waals surface area contributed by atoms with Gasteiger partial charge in [-0.15, -0.1) is 4.99 Å². The van der Waals surface area contributed by atoms with Gasteiger partial charge in [0.2, 0.25) is 12.2 Å². The van der Waals surface area contributed by atoms with E-state index in [4.69, 9.17) is 0 Å². The first kappa shape index (κ1) is 23.7. The summed E-state index contributed by atoms with van der Waals surface area (Å²) in [5.41, 5.74) is 2.16. The third kappa shape index (κ3) is 5.38. The lowest BCUT2D eigenvalue weighted by molar-refractivity contribution is 0.136. The third-order valence-corrected chi connectivity index (χ3v) is 5.87. The highest BCUT2D eigenvalue weighted by atomic mass is 19.1. The van der Waals surface area contributed by atoms with Crippen LogP contribution in [0.5, 0.6) is 0 Å². The normalized spacial score (nSPS) is 15.9. The first-order chi connectivity index (χ1) is 17.0. The summed E-state index contributed by atoms with van der Waals surface area (Å²) in [4.78, 5) is 20.6. The smallest absolute Gasteiger partial charge is 0.322 e. The topological polar surface area (TPSA) is 83.8 Å². The predicted octanol–water partition coefficient (Wildman–Crippen LogP) is 5.11. The largest absolute Gasteiger partial charge is 0.338 e. The molecule has 1 atom stereocenters. The Kier molecular flexibility index (Phi) is 7.21. The van der Waals surface area contributed by atoms with Crippen molar-refractivity contribution in [1.29, 1.82) is 5.26 Å². The molecule has 1 aliphatic heterocycles. The second-order valence-corrected chi connectivity index (χ2v) is 8.07. The van der Waals surface area contributed by atoms with Crippen LogP contribution in [0.4, 0.5) is 25.0 Å². The van der Waals surface area contributed by atoms with E-state index in [1.54, 1.807) is 0 Å². The SMILES string of the molecule is Cc1ccccc1N/C(=N/C#N)N1CCN(C(=O)Nc2c(F)cccc2F)C(c2ccccc2)C1. The van der Waals surface area contributed by atoms with Crippen LogP contribution in [0, 0.1) is 30.0 Å². The molecule has 178 valence electrons. The first-order valence-electron chi connectivity index (χ1n) is 11.1. The molecule has 2 N–H and O–H groups in total. The second-order valence-electron chi connectivity index (χ2n) is 8.07. The number of piperazine rings is 1. The Labute approximate surface area is 202 Å². The van der Waals surface area contributed by atoms with Gasteiger partial charge in [-0.25, -0.2) is 13.6 Å². The number of carbonyl (C=O) groups excluding carboxylic acids is 1. The number of hydrogen-bond donors (Lipinski definition) is 2. The molecule has 0 bridgehead atoms. The molecule has 3 aromatic rings. The number of para-hydroxylation sites is 2. The van der Waals surface area contributed by atoms with E-state index in [-0.39, 0.29) is 6.54 Å². The quantitative estimate of drug-likeness (QED) is 0.314. The fourth-order valence-electron chi connectivity index (χ4n) is 4.03. The second kappa shape index (κ2) is 10.7. The lowest BCUT2D eigenvalue weighted by atomic mass is 10.0. The standard InChI is InChI=1S/C26H24F2N6O/c1-18-8-5-6-13-22(18)31-25(30-17-29)33-14-15-34(23(16-33)19-9-3-2-4-10-19)26(35)32-24-20(27)11-7-12-21(24)28/h2-13,23H,14-16H2,1H3,(H,30,31)(H,32,35). The number of aliphatic imine (C=N–C) groups is 1. The molecule has 4 rings (SSSR count). The van der Waals surface area contributed by atoms with E-state index < -0.39 is 29.4 Å². The number of halogens is 2. The molecule has 1 fully saturated rings. The van der Waals surface area contributed by atoms with Crippen molar-refractivity contribution < 1.29 is 13.6 Å². The molecule has 35 heavy (non-hydrogen) atoms. The molecule has 0 radical (unpaired) electrons. The Morgan fingerprint density at radius 2 is 1.66 bits per heavy atom. The van der Waals surface area contributed by atoms with Gasteiger partial charge in [-0.1, -0.05) is 54.6 Å². The first-order valence-corrected chi connectivity index (χ1v) is 11.1. The van der Waals surface area contributed by atoms with Crippen LogP contribution >= 0.6 is 0 Å². The number of nitrogens with zero attached hydrogens (tertiary/aromatic N) is 4. The third-order valence-electron chi connectivity index (χ3n) is 5.87. The van der Waals surface area contributed by atoms with Crippen molar-refractivity contribution in [3.8, 4) is 6.19 Å². The summed E-state index contributed by atoms with van der Waals surface area (Å²) in [7, 11) is 0. The molecule has 0 aliphatic carbocycles. The number of nitrogens with one attached hydrogen (secondary N) is 2. The van der Waals surface area contributed by atoms with Gasteiger partial charge in [0.25, 0.3) is 0 Å². The molecule has 1 aliphatic rings. The summed E-state index contributed by atoms with van der Waals surface area (Å²) in [5.74, 6) is -1.33. The van der Waals surface area contributed by atoms with Crippen molar-refractivity contribution in [2.24, 2.45) is 4.99 Å². The predicted molar refractivity (Wildman–Crippen MR) is 131 cm³/mol. The zero-order chi connectivity index (χ0) is 24.8. The lowest BCUT2D eigenvalue weighted by Gasteiger charge is -2.42. The highest BCUT2D eigenvalue weighted by Crippen LogP contribution is 2.28. The molecule has 2 amide bonds. The fourth-order valence-corrected chi connectivity index (χ4v) is 4.03. The molecular weight excluding hydrogens is 450 g/mol. The van der Waals surface area contributed by atoms with Crippen LogP contribution < -0.4 is 10.6 Å². The van der Waals surface area contributed by atoms with E-state index in [9.17, 15) is 18.8 Å². The molecule has 1 heterocycles. The summed E-state index contributed by atoms with van der Waals surface area (Å²) < 4.78 is 28.3. The minimum atomic E-state index is -0.848. The van der Waals surface area contributed by atoms with E-state index in [0.717, 1.165) is 28.9 Å². The number of rotatable bonds is 3. The molecule has 9 heteroatoms. The molecule has 0 aromatic heterocycles. The Hall–Kier alpha value is -4.45. The number of nitriles is 1. The monoisotopic (exact) mass is 474 g/mol. The lowest BCUT2D eigenvalue weighted by Crippen LogP contribution is -2.54. The maximum atomic E-state index is 14.2. The van der Waals surface area contributed by atoms with Gasteiger partial charge in [-0.3, -0.25) is 0 Å². The number of carbonyl (C=O) groups is 1. The van der Waals surface area contributed by atoms with Crippen LogP contribution in [-0.4, -0.2) is 41.4 Å². The molecule has 1 unspecified atom stereocenters. The van der Waals surface area contributed by atoms with Crippen molar-refractivity contribution in [3.05, 3.63) is 95.6 Å². The van der Waals surface area contributed by atoms with E-state index in [1.165, 1.54) is 11.0 Å². The molecule has 1 saturated heterocycles.